The van der Waals surface area contributed by atoms with Crippen LogP contribution in [0.5, 0.6) is 0 Å². The molecule has 2 aliphatic heterocycles. The second-order valence-corrected chi connectivity index (χ2v) is 8.09. The van der Waals surface area contributed by atoms with Crippen LogP contribution in [0.4, 0.5) is 20.6 Å². The summed E-state index contributed by atoms with van der Waals surface area (Å²) in [5.41, 5.74) is 3.03. The summed E-state index contributed by atoms with van der Waals surface area (Å²) in [7, 11) is 0. The van der Waals surface area contributed by atoms with E-state index in [-0.39, 0.29) is 24.4 Å². The lowest BCUT2D eigenvalue weighted by atomic mass is 10.0. The minimum atomic E-state index is -0.409. The summed E-state index contributed by atoms with van der Waals surface area (Å²) < 4.78 is 18.9. The first kappa shape index (κ1) is 20.4. The Hall–Kier alpha value is -3.52. The zero-order valence-corrected chi connectivity index (χ0v) is 17.7. The van der Waals surface area contributed by atoms with Crippen LogP contribution in [0.25, 0.3) is 10.9 Å². The van der Waals surface area contributed by atoms with Crippen molar-refractivity contribution in [2.75, 3.05) is 23.0 Å². The molecular weight excluding hydrogens is 411 g/mol. The first-order valence-corrected chi connectivity index (χ1v) is 10.7. The third kappa shape index (κ3) is 3.67. The molecule has 0 radical (unpaired) electrons. The Balaban J connectivity index is 1.36. The van der Waals surface area contributed by atoms with Gasteiger partial charge in [0, 0.05) is 43.2 Å². The Morgan fingerprint density at radius 3 is 2.75 bits per heavy atom. The Morgan fingerprint density at radius 2 is 1.97 bits per heavy atom. The van der Waals surface area contributed by atoms with Crippen molar-refractivity contribution in [3.8, 4) is 0 Å². The van der Waals surface area contributed by atoms with Gasteiger partial charge in [-0.2, -0.15) is 0 Å². The van der Waals surface area contributed by atoms with Crippen LogP contribution >= 0.6 is 0 Å². The highest BCUT2D eigenvalue weighted by Crippen LogP contribution is 2.33. The van der Waals surface area contributed by atoms with E-state index in [0.29, 0.717) is 37.2 Å². The minimum Gasteiger partial charge on any atom is -0.444 e. The molecule has 0 bridgehead atoms. The van der Waals surface area contributed by atoms with E-state index >= 15 is 0 Å². The first-order valence-electron chi connectivity index (χ1n) is 10.7. The maximum atomic E-state index is 13.6. The fourth-order valence-electron chi connectivity index (χ4n) is 4.61. The minimum absolute atomic E-state index is 0.0788. The molecule has 0 atom stereocenters. The maximum absolute atomic E-state index is 13.6. The van der Waals surface area contributed by atoms with Crippen LogP contribution in [-0.4, -0.2) is 41.1 Å². The number of pyridine rings is 1. The second kappa shape index (κ2) is 8.20. The highest BCUT2D eigenvalue weighted by molar-refractivity contribution is 5.94. The van der Waals surface area contributed by atoms with Gasteiger partial charge in [0.2, 0.25) is 5.91 Å². The molecule has 0 N–H and O–H groups in total. The summed E-state index contributed by atoms with van der Waals surface area (Å²) in [4.78, 5) is 31.1. The maximum Gasteiger partial charge on any atom is 0.414 e. The van der Waals surface area contributed by atoms with Gasteiger partial charge in [-0.1, -0.05) is 6.07 Å². The van der Waals surface area contributed by atoms with Crippen LogP contribution in [0.15, 0.2) is 54.7 Å². The largest absolute Gasteiger partial charge is 0.444 e. The molecule has 0 spiro atoms. The SMILES string of the molecule is CC(=O)N(c1ccc2ncccc2c1)N1CCC(N2C(=O)OCc3cc(F)ccc32)CC1. The lowest BCUT2D eigenvalue weighted by molar-refractivity contribution is -0.119. The number of halogens is 1. The smallest absolute Gasteiger partial charge is 0.414 e. The number of hydrogen-bond donors (Lipinski definition) is 0. The molecule has 3 heterocycles. The molecule has 2 aromatic carbocycles. The van der Waals surface area contributed by atoms with Gasteiger partial charge in [-0.25, -0.2) is 19.2 Å². The average Bonchev–Trinajstić information content (AvgIpc) is 2.80. The molecule has 2 amide bonds. The van der Waals surface area contributed by atoms with Gasteiger partial charge in [-0.05, 0) is 55.3 Å². The fourth-order valence-corrected chi connectivity index (χ4v) is 4.61. The summed E-state index contributed by atoms with van der Waals surface area (Å²) in [6.07, 6.45) is 2.65. The molecule has 3 aromatic rings. The third-order valence-electron chi connectivity index (χ3n) is 6.07. The van der Waals surface area contributed by atoms with Crippen LogP contribution < -0.4 is 9.91 Å². The highest BCUT2D eigenvalue weighted by atomic mass is 19.1. The second-order valence-electron chi connectivity index (χ2n) is 8.09. The van der Waals surface area contributed by atoms with Crippen molar-refractivity contribution in [1.29, 1.82) is 0 Å². The molecule has 32 heavy (non-hydrogen) atoms. The standard InChI is InChI=1S/C24H23FN4O3/c1-16(30)29(21-5-6-22-17(14-21)3-2-10-26-22)27-11-8-20(9-12-27)28-23-7-4-19(25)13-18(23)15-32-24(28)31/h2-7,10,13-14,20H,8-9,11-12,15H2,1H3. The van der Waals surface area contributed by atoms with Gasteiger partial charge < -0.3 is 4.74 Å². The molecular formula is C24H23FN4O3. The number of aromatic nitrogens is 1. The van der Waals surface area contributed by atoms with Crippen molar-refractivity contribution in [2.45, 2.75) is 32.4 Å². The number of fused-ring (bicyclic) bond motifs is 2. The number of benzene rings is 2. The Morgan fingerprint density at radius 1 is 1.16 bits per heavy atom. The van der Waals surface area contributed by atoms with E-state index < -0.39 is 6.09 Å². The van der Waals surface area contributed by atoms with Gasteiger partial charge >= 0.3 is 6.09 Å². The number of carbonyl (C=O) groups is 2. The third-order valence-corrected chi connectivity index (χ3v) is 6.07. The number of hydrazine groups is 1. The monoisotopic (exact) mass is 434 g/mol. The quantitative estimate of drug-likeness (QED) is 0.616. The van der Waals surface area contributed by atoms with Gasteiger partial charge in [0.25, 0.3) is 0 Å². The highest BCUT2D eigenvalue weighted by Gasteiger charge is 2.36. The molecule has 0 aliphatic carbocycles. The number of ether oxygens (including phenoxy) is 1. The van der Waals surface area contributed by atoms with Gasteiger partial charge in [-0.15, -0.1) is 0 Å². The molecule has 8 heteroatoms. The Labute approximate surface area is 185 Å². The molecule has 1 saturated heterocycles. The summed E-state index contributed by atoms with van der Waals surface area (Å²) in [5, 5.41) is 4.67. The number of anilines is 2. The summed E-state index contributed by atoms with van der Waals surface area (Å²) in [5.74, 6) is -0.427. The summed E-state index contributed by atoms with van der Waals surface area (Å²) in [6, 6.07) is 13.9. The lowest BCUT2D eigenvalue weighted by Crippen LogP contribution is -2.55. The molecule has 0 unspecified atom stereocenters. The molecule has 1 fully saturated rings. The molecule has 5 rings (SSSR count). The number of piperidine rings is 1. The van der Waals surface area contributed by atoms with E-state index in [2.05, 4.69) is 4.98 Å². The van der Waals surface area contributed by atoms with Gasteiger partial charge in [0.1, 0.15) is 12.4 Å². The lowest BCUT2D eigenvalue weighted by Gasteiger charge is -2.43. The number of cyclic esters (lactones) is 1. The van der Waals surface area contributed by atoms with E-state index in [4.69, 9.17) is 4.74 Å². The summed E-state index contributed by atoms with van der Waals surface area (Å²) in [6.45, 7) is 2.81. The van der Waals surface area contributed by atoms with Crippen LogP contribution in [0.1, 0.15) is 25.3 Å². The van der Waals surface area contributed by atoms with Gasteiger partial charge in [-0.3, -0.25) is 14.7 Å². The van der Waals surface area contributed by atoms with E-state index in [0.717, 1.165) is 16.6 Å². The van der Waals surface area contributed by atoms with Crippen molar-refractivity contribution in [3.05, 3.63) is 66.1 Å². The van der Waals surface area contributed by atoms with Crippen molar-refractivity contribution >= 4 is 34.3 Å². The molecule has 7 nitrogen and oxygen atoms in total. The fraction of sp³-hybridized carbons (Fsp3) is 0.292. The predicted octanol–water partition coefficient (Wildman–Crippen LogP) is 4.26. The zero-order valence-electron chi connectivity index (χ0n) is 17.7. The average molecular weight is 434 g/mol. The molecule has 0 saturated carbocycles. The number of rotatable bonds is 3. The van der Waals surface area contributed by atoms with Crippen LogP contribution in [0.2, 0.25) is 0 Å². The normalized spacial score (nSPS) is 17.2. The number of nitrogens with zero attached hydrogens (tertiary/aromatic N) is 4. The van der Waals surface area contributed by atoms with Crippen LogP contribution in [-0.2, 0) is 16.1 Å². The molecule has 164 valence electrons. The van der Waals surface area contributed by atoms with Crippen molar-refractivity contribution in [1.82, 2.24) is 9.99 Å². The van der Waals surface area contributed by atoms with Crippen molar-refractivity contribution < 1.29 is 18.7 Å². The van der Waals surface area contributed by atoms with Crippen molar-refractivity contribution in [3.63, 3.8) is 0 Å². The number of hydrogen-bond acceptors (Lipinski definition) is 5. The first-order chi connectivity index (χ1) is 15.5. The van der Waals surface area contributed by atoms with Gasteiger partial charge in [0.15, 0.2) is 0 Å². The number of carbonyl (C=O) groups excluding carboxylic acids is 2. The number of amides is 2. The van der Waals surface area contributed by atoms with Crippen LogP contribution in [0, 0.1) is 5.82 Å². The van der Waals surface area contributed by atoms with E-state index in [1.54, 1.807) is 29.1 Å². The molecule has 1 aromatic heterocycles. The van der Waals surface area contributed by atoms with Crippen LogP contribution in [0.3, 0.4) is 0 Å². The molecule has 2 aliphatic rings. The summed E-state index contributed by atoms with van der Waals surface area (Å²) >= 11 is 0. The van der Waals surface area contributed by atoms with E-state index in [9.17, 15) is 14.0 Å². The van der Waals surface area contributed by atoms with E-state index in [1.807, 2.05) is 35.3 Å². The Bertz CT molecular complexity index is 1190. The van der Waals surface area contributed by atoms with Gasteiger partial charge in [0.05, 0.1) is 16.9 Å². The topological polar surface area (TPSA) is 66.0 Å². The van der Waals surface area contributed by atoms with Crippen molar-refractivity contribution in [2.24, 2.45) is 0 Å². The van der Waals surface area contributed by atoms with E-state index in [1.165, 1.54) is 12.1 Å². The zero-order chi connectivity index (χ0) is 22.2. The predicted molar refractivity (Wildman–Crippen MR) is 119 cm³/mol. The Kier molecular flexibility index (Phi) is 5.22.